The van der Waals surface area contributed by atoms with Crippen molar-refractivity contribution < 1.29 is 19.4 Å². The maximum atomic E-state index is 13.2. The van der Waals surface area contributed by atoms with Gasteiger partial charge in [0.05, 0.1) is 12.7 Å². The van der Waals surface area contributed by atoms with Gasteiger partial charge >= 0.3 is 5.91 Å². The van der Waals surface area contributed by atoms with E-state index in [1.807, 2.05) is 23.6 Å². The van der Waals surface area contributed by atoms with Crippen LogP contribution in [0, 0.1) is 0 Å². The molecule has 1 amide bonds. The van der Waals surface area contributed by atoms with Crippen molar-refractivity contribution in [1.82, 2.24) is 10.2 Å². The van der Waals surface area contributed by atoms with E-state index >= 15 is 0 Å². The zero-order valence-electron chi connectivity index (χ0n) is 19.1. The Kier molecular flexibility index (Phi) is 7.55. The fraction of sp³-hybridized carbons (Fsp3) is 0.120. The molecular weight excluding hydrogens is 573 g/mol. The second-order valence-corrected chi connectivity index (χ2v) is 11.8. The van der Waals surface area contributed by atoms with Gasteiger partial charge in [0.2, 0.25) is 5.13 Å². The number of amides is 1. The Balaban J connectivity index is 1.48. The lowest BCUT2D eigenvalue weighted by atomic mass is 10.00. The zero-order valence-corrected chi connectivity index (χ0v) is 23.0. The van der Waals surface area contributed by atoms with E-state index in [1.165, 1.54) is 46.4 Å². The number of ketones is 1. The second-order valence-electron chi connectivity index (χ2n) is 7.79. The topological polar surface area (TPSA) is 92.6 Å². The van der Waals surface area contributed by atoms with Gasteiger partial charge in [0, 0.05) is 26.2 Å². The number of halogens is 2. The summed E-state index contributed by atoms with van der Waals surface area (Å²) in [5.41, 5.74) is 1.27. The maximum absolute atomic E-state index is 13.2. The largest absolute Gasteiger partial charge is 0.507 e. The Bertz CT molecular complexity index is 1500. The third-order valence-corrected chi connectivity index (χ3v) is 9.21. The lowest BCUT2D eigenvalue weighted by Gasteiger charge is -2.20. The SMILES string of the molecule is COc1ccc(/C(O)=C2/C(=O)C(=O)N(c3nnc(SCc4ccc(Cl)cc4Cl)s3)C2c2cccs2)cc1. The predicted molar refractivity (Wildman–Crippen MR) is 148 cm³/mol. The van der Waals surface area contributed by atoms with Crippen LogP contribution in [0.3, 0.4) is 0 Å². The number of hydrogen-bond donors (Lipinski definition) is 1. The summed E-state index contributed by atoms with van der Waals surface area (Å²) >= 11 is 16.2. The Labute approximate surface area is 234 Å². The van der Waals surface area contributed by atoms with Gasteiger partial charge in [-0.1, -0.05) is 58.4 Å². The van der Waals surface area contributed by atoms with Crippen LogP contribution in [0.2, 0.25) is 10.0 Å². The summed E-state index contributed by atoms with van der Waals surface area (Å²) in [4.78, 5) is 28.5. The molecule has 37 heavy (non-hydrogen) atoms. The summed E-state index contributed by atoms with van der Waals surface area (Å²) < 4.78 is 5.78. The summed E-state index contributed by atoms with van der Waals surface area (Å²) in [6, 6.07) is 14.7. The minimum atomic E-state index is -0.835. The van der Waals surface area contributed by atoms with Crippen LogP contribution in [0.4, 0.5) is 5.13 Å². The summed E-state index contributed by atoms with van der Waals surface area (Å²) in [7, 11) is 1.54. The number of aromatic nitrogens is 2. The van der Waals surface area contributed by atoms with Crippen molar-refractivity contribution in [1.29, 1.82) is 0 Å². The molecule has 1 fully saturated rings. The molecule has 1 atom stereocenters. The Morgan fingerprint density at radius 1 is 1.14 bits per heavy atom. The molecular formula is C25H17Cl2N3O4S3. The van der Waals surface area contributed by atoms with E-state index in [4.69, 9.17) is 27.9 Å². The van der Waals surface area contributed by atoms with E-state index < -0.39 is 17.7 Å². The number of Topliss-reactive ketones (excluding diaryl/α,β-unsaturated/α-hetero) is 1. The fourth-order valence-electron chi connectivity index (χ4n) is 3.79. The fourth-order valence-corrected chi connectivity index (χ4v) is 7.04. The number of ether oxygens (including phenoxy) is 1. The number of carbonyl (C=O) groups is 2. The first-order valence-corrected chi connectivity index (χ1v) is 14.2. The molecule has 2 aromatic carbocycles. The maximum Gasteiger partial charge on any atom is 0.301 e. The van der Waals surface area contributed by atoms with Gasteiger partial charge in [-0.15, -0.1) is 21.5 Å². The molecule has 188 valence electrons. The molecule has 2 aromatic heterocycles. The van der Waals surface area contributed by atoms with E-state index in [9.17, 15) is 14.7 Å². The number of anilines is 1. The lowest BCUT2D eigenvalue weighted by Crippen LogP contribution is -2.29. The summed E-state index contributed by atoms with van der Waals surface area (Å²) in [5, 5.41) is 22.8. The third-order valence-electron chi connectivity index (χ3n) is 5.59. The van der Waals surface area contributed by atoms with Crippen molar-refractivity contribution in [3.63, 3.8) is 0 Å². The highest BCUT2D eigenvalue weighted by molar-refractivity contribution is 8.00. The van der Waals surface area contributed by atoms with Gasteiger partial charge in [-0.05, 0) is 53.4 Å². The van der Waals surface area contributed by atoms with E-state index in [2.05, 4.69) is 10.2 Å². The smallest absolute Gasteiger partial charge is 0.301 e. The highest BCUT2D eigenvalue weighted by Gasteiger charge is 2.48. The number of benzene rings is 2. The van der Waals surface area contributed by atoms with Crippen LogP contribution < -0.4 is 9.64 Å². The summed E-state index contributed by atoms with van der Waals surface area (Å²) in [6.07, 6.45) is 0. The Morgan fingerprint density at radius 3 is 2.59 bits per heavy atom. The lowest BCUT2D eigenvalue weighted by molar-refractivity contribution is -0.132. The third kappa shape index (κ3) is 5.12. The Morgan fingerprint density at radius 2 is 1.92 bits per heavy atom. The second kappa shape index (κ2) is 10.8. The van der Waals surface area contributed by atoms with Crippen molar-refractivity contribution in [2.24, 2.45) is 0 Å². The molecule has 1 aliphatic heterocycles. The average Bonchev–Trinajstić information content (AvgIpc) is 3.64. The van der Waals surface area contributed by atoms with Gasteiger partial charge in [-0.3, -0.25) is 14.5 Å². The van der Waals surface area contributed by atoms with Crippen LogP contribution in [-0.2, 0) is 15.3 Å². The number of hydrogen-bond acceptors (Lipinski definition) is 9. The first kappa shape index (κ1) is 25.7. The zero-order chi connectivity index (χ0) is 26.1. The van der Waals surface area contributed by atoms with Crippen molar-refractivity contribution in [3.8, 4) is 5.75 Å². The molecule has 7 nitrogen and oxygen atoms in total. The van der Waals surface area contributed by atoms with Crippen LogP contribution in [0.25, 0.3) is 5.76 Å². The number of aliphatic hydroxyl groups excluding tert-OH is 1. The van der Waals surface area contributed by atoms with E-state index in [0.29, 0.717) is 36.3 Å². The quantitative estimate of drug-likeness (QED) is 0.0829. The molecule has 1 N–H and O–H groups in total. The van der Waals surface area contributed by atoms with E-state index in [-0.39, 0.29) is 16.5 Å². The van der Waals surface area contributed by atoms with Gasteiger partial charge in [0.15, 0.2) is 4.34 Å². The van der Waals surface area contributed by atoms with Crippen molar-refractivity contribution in [2.75, 3.05) is 12.0 Å². The minimum Gasteiger partial charge on any atom is -0.507 e. The molecule has 3 heterocycles. The Hall–Kier alpha value is -2.89. The van der Waals surface area contributed by atoms with Crippen molar-refractivity contribution >= 4 is 80.2 Å². The summed E-state index contributed by atoms with van der Waals surface area (Å²) in [5.74, 6) is -0.704. The highest BCUT2D eigenvalue weighted by atomic mass is 35.5. The van der Waals surface area contributed by atoms with E-state index in [0.717, 1.165) is 5.56 Å². The van der Waals surface area contributed by atoms with Gasteiger partial charge < -0.3 is 9.84 Å². The first-order valence-electron chi connectivity index (χ1n) is 10.8. The first-order chi connectivity index (χ1) is 17.9. The molecule has 0 spiro atoms. The van der Waals surface area contributed by atoms with Crippen molar-refractivity contribution in [3.05, 3.63) is 91.6 Å². The highest BCUT2D eigenvalue weighted by Crippen LogP contribution is 2.45. The number of thiophene rings is 1. The number of aliphatic hydroxyl groups is 1. The molecule has 12 heteroatoms. The van der Waals surface area contributed by atoms with Crippen LogP contribution in [0.1, 0.15) is 22.0 Å². The molecule has 5 rings (SSSR count). The van der Waals surface area contributed by atoms with Gasteiger partial charge in [-0.25, -0.2) is 0 Å². The minimum absolute atomic E-state index is 0.00466. The van der Waals surface area contributed by atoms with Crippen molar-refractivity contribution in [2.45, 2.75) is 16.1 Å². The number of methoxy groups -OCH3 is 1. The standard InChI is InChI=1S/C25H17Cl2N3O4S3/c1-34-16-8-5-13(6-9-16)21(31)19-20(18-3-2-10-35-18)30(23(33)22(19)32)24-28-29-25(37-24)36-12-14-4-7-15(26)11-17(14)27/h2-11,20,31H,12H2,1H3/b21-19-. The number of rotatable bonds is 7. The molecule has 0 saturated carbocycles. The number of thioether (sulfide) groups is 1. The average molecular weight is 591 g/mol. The van der Waals surface area contributed by atoms with Crippen LogP contribution in [0.5, 0.6) is 5.75 Å². The van der Waals surface area contributed by atoms with Crippen LogP contribution >= 0.6 is 57.6 Å². The molecule has 0 radical (unpaired) electrons. The molecule has 4 aromatic rings. The molecule has 0 bridgehead atoms. The number of nitrogens with zero attached hydrogens (tertiary/aromatic N) is 3. The molecule has 0 aliphatic carbocycles. The predicted octanol–water partition coefficient (Wildman–Crippen LogP) is 6.83. The number of carbonyl (C=O) groups excluding carboxylic acids is 2. The molecule has 1 unspecified atom stereocenters. The van der Waals surface area contributed by atoms with Gasteiger partial charge in [0.1, 0.15) is 17.6 Å². The molecule has 1 aliphatic rings. The van der Waals surface area contributed by atoms with Gasteiger partial charge in [0.25, 0.3) is 5.78 Å². The van der Waals surface area contributed by atoms with Crippen LogP contribution in [0.15, 0.2) is 69.9 Å². The monoisotopic (exact) mass is 589 g/mol. The summed E-state index contributed by atoms with van der Waals surface area (Å²) in [6.45, 7) is 0. The molecule has 1 saturated heterocycles. The van der Waals surface area contributed by atoms with E-state index in [1.54, 1.807) is 36.4 Å². The van der Waals surface area contributed by atoms with Gasteiger partial charge in [-0.2, -0.15) is 0 Å². The normalized spacial score (nSPS) is 16.9. The van der Waals surface area contributed by atoms with Crippen LogP contribution in [-0.4, -0.2) is 34.1 Å².